The highest BCUT2D eigenvalue weighted by Crippen LogP contribution is 2.25. The van der Waals surface area contributed by atoms with Gasteiger partial charge in [0.15, 0.2) is 5.56 Å². The Morgan fingerprint density at radius 1 is 1.31 bits per heavy atom. The molecule has 1 aromatic carbocycles. The molecule has 1 N–H and O–H groups in total. The Morgan fingerprint density at radius 3 is 2.46 bits per heavy atom. The molecule has 0 aliphatic carbocycles. The molecule has 2 unspecified atom stereocenters. The SMILES string of the molecule is CC(Cl)Oc1ccccc1C(C)O. The van der Waals surface area contributed by atoms with Gasteiger partial charge in [0, 0.05) is 5.56 Å². The van der Waals surface area contributed by atoms with Crippen molar-refractivity contribution >= 4 is 11.6 Å². The van der Waals surface area contributed by atoms with E-state index < -0.39 is 6.10 Å². The molecule has 0 aliphatic rings. The van der Waals surface area contributed by atoms with Crippen molar-refractivity contribution < 1.29 is 9.84 Å². The first-order chi connectivity index (χ1) is 6.11. The van der Waals surface area contributed by atoms with E-state index in [4.69, 9.17) is 16.3 Å². The van der Waals surface area contributed by atoms with Crippen LogP contribution in [0.4, 0.5) is 0 Å². The van der Waals surface area contributed by atoms with Crippen molar-refractivity contribution in [3.63, 3.8) is 0 Å². The second-order valence-corrected chi connectivity index (χ2v) is 3.49. The van der Waals surface area contributed by atoms with Crippen molar-refractivity contribution in [2.24, 2.45) is 0 Å². The fourth-order valence-corrected chi connectivity index (χ4v) is 1.20. The summed E-state index contributed by atoms with van der Waals surface area (Å²) < 4.78 is 5.31. The van der Waals surface area contributed by atoms with E-state index in [-0.39, 0.29) is 5.56 Å². The van der Waals surface area contributed by atoms with E-state index in [1.165, 1.54) is 0 Å². The Hall–Kier alpha value is -0.730. The third-order valence-corrected chi connectivity index (χ3v) is 1.75. The molecule has 13 heavy (non-hydrogen) atoms. The summed E-state index contributed by atoms with van der Waals surface area (Å²) in [6.07, 6.45) is -0.536. The first kappa shape index (κ1) is 10.4. The van der Waals surface area contributed by atoms with Gasteiger partial charge in [0.2, 0.25) is 0 Å². The Labute approximate surface area is 83.1 Å². The number of halogens is 1. The monoisotopic (exact) mass is 200 g/mol. The fourth-order valence-electron chi connectivity index (χ4n) is 1.11. The predicted molar refractivity (Wildman–Crippen MR) is 53.0 cm³/mol. The minimum atomic E-state index is -0.536. The highest BCUT2D eigenvalue weighted by Gasteiger charge is 2.09. The molecule has 0 heterocycles. The van der Waals surface area contributed by atoms with Gasteiger partial charge in [-0.05, 0) is 19.9 Å². The maximum absolute atomic E-state index is 9.39. The van der Waals surface area contributed by atoms with Gasteiger partial charge < -0.3 is 9.84 Å². The molecule has 0 radical (unpaired) electrons. The lowest BCUT2D eigenvalue weighted by Gasteiger charge is -2.14. The van der Waals surface area contributed by atoms with Gasteiger partial charge in [0.1, 0.15) is 5.75 Å². The number of hydrogen-bond donors (Lipinski definition) is 1. The molecule has 0 saturated heterocycles. The maximum atomic E-state index is 9.39. The Balaban J connectivity index is 2.91. The summed E-state index contributed by atoms with van der Waals surface area (Å²) in [5.41, 5.74) is 0.370. The first-order valence-electron chi connectivity index (χ1n) is 4.19. The first-order valence-corrected chi connectivity index (χ1v) is 4.62. The van der Waals surface area contributed by atoms with E-state index in [0.717, 1.165) is 5.56 Å². The number of rotatable bonds is 3. The molecule has 72 valence electrons. The molecule has 0 amide bonds. The van der Waals surface area contributed by atoms with Crippen LogP contribution in [-0.4, -0.2) is 10.7 Å². The van der Waals surface area contributed by atoms with Crippen molar-refractivity contribution in [2.75, 3.05) is 0 Å². The van der Waals surface area contributed by atoms with Crippen molar-refractivity contribution in [2.45, 2.75) is 25.5 Å². The Morgan fingerprint density at radius 2 is 1.92 bits per heavy atom. The maximum Gasteiger partial charge on any atom is 0.169 e. The van der Waals surface area contributed by atoms with Crippen LogP contribution in [0, 0.1) is 0 Å². The Kier molecular flexibility index (Phi) is 3.58. The molecule has 3 heteroatoms. The van der Waals surface area contributed by atoms with Crippen LogP contribution in [0.25, 0.3) is 0 Å². The predicted octanol–water partition coefficient (Wildman–Crippen LogP) is 2.70. The molecule has 0 bridgehead atoms. The quantitative estimate of drug-likeness (QED) is 0.761. The molecule has 1 rings (SSSR count). The van der Waals surface area contributed by atoms with Crippen LogP contribution in [0.3, 0.4) is 0 Å². The number of ether oxygens (including phenoxy) is 1. The third kappa shape index (κ3) is 2.90. The summed E-state index contributed by atoms with van der Waals surface area (Å²) in [4.78, 5) is 0. The largest absolute Gasteiger partial charge is 0.475 e. The van der Waals surface area contributed by atoms with E-state index in [1.54, 1.807) is 19.9 Å². The van der Waals surface area contributed by atoms with Crippen molar-refractivity contribution in [3.05, 3.63) is 29.8 Å². The second-order valence-electron chi connectivity index (χ2n) is 2.87. The zero-order valence-corrected chi connectivity index (χ0v) is 8.45. The van der Waals surface area contributed by atoms with Gasteiger partial charge in [0.05, 0.1) is 6.10 Å². The van der Waals surface area contributed by atoms with Gasteiger partial charge in [-0.15, -0.1) is 0 Å². The number of para-hydroxylation sites is 1. The van der Waals surface area contributed by atoms with E-state index in [0.29, 0.717) is 5.75 Å². The molecular weight excluding hydrogens is 188 g/mol. The number of aliphatic hydroxyl groups excluding tert-OH is 1. The smallest absolute Gasteiger partial charge is 0.169 e. The molecular formula is C10H13ClO2. The number of alkyl halides is 1. The summed E-state index contributed by atoms with van der Waals surface area (Å²) in [5, 5.41) is 9.39. The van der Waals surface area contributed by atoms with Gasteiger partial charge in [-0.1, -0.05) is 29.8 Å². The van der Waals surface area contributed by atoms with Gasteiger partial charge in [-0.2, -0.15) is 0 Å². The third-order valence-electron chi connectivity index (χ3n) is 1.66. The van der Waals surface area contributed by atoms with Crippen molar-refractivity contribution in [3.8, 4) is 5.75 Å². The van der Waals surface area contributed by atoms with E-state index >= 15 is 0 Å². The van der Waals surface area contributed by atoms with Crippen molar-refractivity contribution in [1.29, 1.82) is 0 Å². The van der Waals surface area contributed by atoms with Gasteiger partial charge in [-0.25, -0.2) is 0 Å². The normalized spacial score (nSPS) is 15.1. The lowest BCUT2D eigenvalue weighted by molar-refractivity contribution is 0.190. The topological polar surface area (TPSA) is 29.5 Å². The van der Waals surface area contributed by atoms with Crippen molar-refractivity contribution in [1.82, 2.24) is 0 Å². The average Bonchev–Trinajstić information content (AvgIpc) is 2.03. The van der Waals surface area contributed by atoms with Gasteiger partial charge in [-0.3, -0.25) is 0 Å². The zero-order valence-electron chi connectivity index (χ0n) is 7.70. The minimum Gasteiger partial charge on any atom is -0.475 e. The lowest BCUT2D eigenvalue weighted by Crippen LogP contribution is -2.05. The molecule has 2 nitrogen and oxygen atoms in total. The lowest BCUT2D eigenvalue weighted by atomic mass is 10.1. The standard InChI is InChI=1S/C10H13ClO2/c1-7(12)9-5-3-4-6-10(9)13-8(2)11/h3-8,12H,1-2H3. The molecule has 0 aliphatic heterocycles. The molecule has 0 saturated carbocycles. The summed E-state index contributed by atoms with van der Waals surface area (Å²) in [7, 11) is 0. The number of aliphatic hydroxyl groups is 1. The second kappa shape index (κ2) is 4.49. The fraction of sp³-hybridized carbons (Fsp3) is 0.400. The molecule has 0 aromatic heterocycles. The van der Waals surface area contributed by atoms with Crippen LogP contribution in [0.15, 0.2) is 24.3 Å². The van der Waals surface area contributed by atoms with E-state index in [9.17, 15) is 5.11 Å². The van der Waals surface area contributed by atoms with Gasteiger partial charge in [0.25, 0.3) is 0 Å². The molecule has 2 atom stereocenters. The van der Waals surface area contributed by atoms with Crippen LogP contribution in [0.2, 0.25) is 0 Å². The summed E-state index contributed by atoms with van der Waals surface area (Å²) in [6, 6.07) is 7.31. The highest BCUT2D eigenvalue weighted by atomic mass is 35.5. The summed E-state index contributed by atoms with van der Waals surface area (Å²) >= 11 is 5.69. The number of hydrogen-bond acceptors (Lipinski definition) is 2. The van der Waals surface area contributed by atoms with Crippen LogP contribution in [0.1, 0.15) is 25.5 Å². The average molecular weight is 201 g/mol. The van der Waals surface area contributed by atoms with Crippen LogP contribution in [0.5, 0.6) is 5.75 Å². The highest BCUT2D eigenvalue weighted by molar-refractivity contribution is 6.19. The zero-order chi connectivity index (χ0) is 9.84. The van der Waals surface area contributed by atoms with Crippen LogP contribution in [-0.2, 0) is 0 Å². The molecule has 0 fully saturated rings. The van der Waals surface area contributed by atoms with Gasteiger partial charge >= 0.3 is 0 Å². The van der Waals surface area contributed by atoms with Crippen LogP contribution >= 0.6 is 11.6 Å². The summed E-state index contributed by atoms with van der Waals surface area (Å²) in [6.45, 7) is 3.43. The van der Waals surface area contributed by atoms with Crippen LogP contribution < -0.4 is 4.74 Å². The summed E-state index contributed by atoms with van der Waals surface area (Å²) in [5.74, 6) is 0.639. The Bertz CT molecular complexity index is 271. The molecule has 1 aromatic rings. The number of benzene rings is 1. The van der Waals surface area contributed by atoms with E-state index in [2.05, 4.69) is 0 Å². The van der Waals surface area contributed by atoms with E-state index in [1.807, 2.05) is 18.2 Å². The molecule has 0 spiro atoms. The minimum absolute atomic E-state index is 0.389.